The van der Waals surface area contributed by atoms with Gasteiger partial charge in [0.2, 0.25) is 0 Å². The van der Waals surface area contributed by atoms with Crippen molar-refractivity contribution >= 4 is 10.9 Å². The fourth-order valence-corrected chi connectivity index (χ4v) is 1.52. The first-order chi connectivity index (χ1) is 7.50. The third kappa shape index (κ3) is 2.02. The number of alkyl halides is 3. The number of fused-ring (bicyclic) bond motifs is 1. The van der Waals surface area contributed by atoms with Gasteiger partial charge < -0.3 is 4.98 Å². The summed E-state index contributed by atoms with van der Waals surface area (Å²) in [6, 6.07) is 5.90. The van der Waals surface area contributed by atoms with Crippen molar-refractivity contribution in [2.45, 2.75) is 12.8 Å². The monoisotopic (exact) mass is 230 g/mol. The van der Waals surface area contributed by atoms with Gasteiger partial charge in [0.25, 0.3) is 0 Å². The number of benzene rings is 1. The van der Waals surface area contributed by atoms with Gasteiger partial charge in [-0.15, -0.1) is 0 Å². The lowest BCUT2D eigenvalue weighted by atomic mass is 10.2. The van der Waals surface area contributed by atoms with Crippen LogP contribution in [0.3, 0.4) is 0 Å². The number of rotatable bonds is 2. The van der Waals surface area contributed by atoms with Gasteiger partial charge in [-0.1, -0.05) is 6.07 Å². The molecule has 3 N–H and O–H groups in total. The molecule has 3 nitrogen and oxygen atoms in total. The van der Waals surface area contributed by atoms with E-state index in [4.69, 9.17) is 5.90 Å². The van der Waals surface area contributed by atoms with Crippen LogP contribution >= 0.6 is 0 Å². The minimum Gasteiger partial charge on any atom is -0.351 e. The predicted octanol–water partition coefficient (Wildman–Crippen LogP) is 2.58. The number of aromatic amines is 1. The van der Waals surface area contributed by atoms with Crippen LogP contribution in [0.2, 0.25) is 0 Å². The summed E-state index contributed by atoms with van der Waals surface area (Å²) in [5.74, 6) is 4.89. The third-order valence-electron chi connectivity index (χ3n) is 2.24. The highest BCUT2D eigenvalue weighted by molar-refractivity contribution is 5.81. The minimum atomic E-state index is -4.36. The first kappa shape index (κ1) is 11.0. The van der Waals surface area contributed by atoms with Gasteiger partial charge in [-0.05, 0) is 23.8 Å². The van der Waals surface area contributed by atoms with Gasteiger partial charge >= 0.3 is 6.18 Å². The molecule has 0 amide bonds. The van der Waals surface area contributed by atoms with Crippen molar-refractivity contribution in [3.05, 3.63) is 35.5 Å². The van der Waals surface area contributed by atoms with E-state index in [0.29, 0.717) is 10.9 Å². The molecule has 1 aromatic carbocycles. The summed E-state index contributed by atoms with van der Waals surface area (Å²) in [4.78, 5) is 6.73. The van der Waals surface area contributed by atoms with Crippen LogP contribution in [-0.4, -0.2) is 4.98 Å². The van der Waals surface area contributed by atoms with Crippen molar-refractivity contribution in [3.8, 4) is 0 Å². The second-order valence-electron chi connectivity index (χ2n) is 3.41. The normalized spacial score (nSPS) is 12.2. The number of nitrogens with one attached hydrogen (secondary N) is 1. The fourth-order valence-electron chi connectivity index (χ4n) is 1.52. The van der Waals surface area contributed by atoms with Crippen molar-refractivity contribution in [3.63, 3.8) is 0 Å². The molecule has 0 aliphatic carbocycles. The molecule has 0 bridgehead atoms. The molecule has 2 aromatic rings. The summed E-state index contributed by atoms with van der Waals surface area (Å²) >= 11 is 0. The molecule has 0 fully saturated rings. The highest BCUT2D eigenvalue weighted by Gasteiger charge is 2.32. The third-order valence-corrected chi connectivity index (χ3v) is 2.24. The maximum atomic E-state index is 12.4. The van der Waals surface area contributed by atoms with E-state index in [1.165, 1.54) is 0 Å². The van der Waals surface area contributed by atoms with Gasteiger partial charge in [-0.3, -0.25) is 4.84 Å². The van der Waals surface area contributed by atoms with Gasteiger partial charge in [-0.2, -0.15) is 13.2 Å². The highest BCUT2D eigenvalue weighted by atomic mass is 19.4. The quantitative estimate of drug-likeness (QED) is 0.779. The van der Waals surface area contributed by atoms with E-state index in [2.05, 4.69) is 9.82 Å². The Morgan fingerprint density at radius 3 is 2.62 bits per heavy atom. The largest absolute Gasteiger partial charge is 0.431 e. The van der Waals surface area contributed by atoms with E-state index in [9.17, 15) is 13.2 Å². The molecule has 86 valence electrons. The number of hydrogen-bond acceptors (Lipinski definition) is 2. The molecular weight excluding hydrogens is 221 g/mol. The second-order valence-corrected chi connectivity index (χ2v) is 3.41. The molecule has 0 aliphatic heterocycles. The van der Waals surface area contributed by atoms with Crippen LogP contribution < -0.4 is 5.90 Å². The van der Waals surface area contributed by atoms with E-state index in [1.54, 1.807) is 18.2 Å². The van der Waals surface area contributed by atoms with Crippen LogP contribution in [0.15, 0.2) is 24.3 Å². The summed E-state index contributed by atoms with van der Waals surface area (Å²) in [7, 11) is 0. The second kappa shape index (κ2) is 3.80. The van der Waals surface area contributed by atoms with Gasteiger partial charge in [0, 0.05) is 10.9 Å². The summed E-state index contributed by atoms with van der Waals surface area (Å²) in [6.07, 6.45) is -4.36. The van der Waals surface area contributed by atoms with E-state index < -0.39 is 11.9 Å². The lowest BCUT2D eigenvalue weighted by Crippen LogP contribution is -2.04. The fraction of sp³-hybridized carbons (Fsp3) is 0.200. The molecule has 1 heterocycles. The first-order valence-corrected chi connectivity index (χ1v) is 4.51. The number of aromatic nitrogens is 1. The molecule has 6 heteroatoms. The smallest absolute Gasteiger partial charge is 0.351 e. The minimum absolute atomic E-state index is 0.169. The summed E-state index contributed by atoms with van der Waals surface area (Å²) in [6.45, 7) is 0.169. The Bertz CT molecular complexity index is 504. The SMILES string of the molecule is NOCc1ccc2[nH]c(C(F)(F)F)cc2c1. The van der Waals surface area contributed by atoms with Crippen LogP contribution in [0.5, 0.6) is 0 Å². The average molecular weight is 230 g/mol. The zero-order valence-corrected chi connectivity index (χ0v) is 8.14. The maximum Gasteiger partial charge on any atom is 0.431 e. The van der Waals surface area contributed by atoms with Crippen LogP contribution in [0.1, 0.15) is 11.3 Å². The van der Waals surface area contributed by atoms with Crippen LogP contribution in [0, 0.1) is 0 Å². The molecule has 1 aromatic heterocycles. The van der Waals surface area contributed by atoms with Crippen LogP contribution in [0.4, 0.5) is 13.2 Å². The van der Waals surface area contributed by atoms with E-state index >= 15 is 0 Å². The van der Waals surface area contributed by atoms with E-state index in [1.807, 2.05) is 0 Å². The van der Waals surface area contributed by atoms with Gasteiger partial charge in [-0.25, -0.2) is 5.90 Å². The van der Waals surface area contributed by atoms with Crippen LogP contribution in [-0.2, 0) is 17.6 Å². The summed E-state index contributed by atoms with van der Waals surface area (Å²) in [5, 5.41) is 0.488. The molecule has 0 saturated carbocycles. The van der Waals surface area contributed by atoms with Crippen LogP contribution in [0.25, 0.3) is 10.9 Å². The molecule has 0 atom stereocenters. The van der Waals surface area contributed by atoms with Gasteiger partial charge in [0.1, 0.15) is 5.69 Å². The molecule has 0 spiro atoms. The van der Waals surface area contributed by atoms with Crippen molar-refractivity contribution < 1.29 is 18.0 Å². The summed E-state index contributed by atoms with van der Waals surface area (Å²) in [5.41, 5.74) is 0.407. The highest BCUT2D eigenvalue weighted by Crippen LogP contribution is 2.31. The van der Waals surface area contributed by atoms with Crippen molar-refractivity contribution in [1.82, 2.24) is 4.98 Å². The lowest BCUT2D eigenvalue weighted by Gasteiger charge is -2.00. The zero-order chi connectivity index (χ0) is 11.8. The van der Waals surface area contributed by atoms with Gasteiger partial charge in [0.05, 0.1) is 6.61 Å². The van der Waals surface area contributed by atoms with Gasteiger partial charge in [0.15, 0.2) is 0 Å². The first-order valence-electron chi connectivity index (χ1n) is 4.51. The Hall–Kier alpha value is -1.53. The Labute approximate surface area is 89.0 Å². The van der Waals surface area contributed by atoms with E-state index in [-0.39, 0.29) is 6.61 Å². The average Bonchev–Trinajstić information content (AvgIpc) is 2.60. The molecule has 0 saturated heterocycles. The molecule has 0 unspecified atom stereocenters. The zero-order valence-electron chi connectivity index (χ0n) is 8.14. The summed E-state index contributed by atoms with van der Waals surface area (Å²) < 4.78 is 37.2. The lowest BCUT2D eigenvalue weighted by molar-refractivity contribution is -0.140. The van der Waals surface area contributed by atoms with Crippen molar-refractivity contribution in [2.75, 3.05) is 0 Å². The Kier molecular flexibility index (Phi) is 2.61. The van der Waals surface area contributed by atoms with Crippen molar-refractivity contribution in [2.24, 2.45) is 5.90 Å². The van der Waals surface area contributed by atoms with E-state index in [0.717, 1.165) is 11.6 Å². The Morgan fingerprint density at radius 2 is 2.00 bits per heavy atom. The molecule has 0 radical (unpaired) electrons. The number of hydrogen-bond donors (Lipinski definition) is 2. The molecule has 16 heavy (non-hydrogen) atoms. The Morgan fingerprint density at radius 1 is 1.25 bits per heavy atom. The molecular formula is C10H9F3N2O. The Balaban J connectivity index is 2.46. The number of halogens is 3. The predicted molar refractivity (Wildman–Crippen MR) is 52.3 cm³/mol. The molecule has 2 rings (SSSR count). The van der Waals surface area contributed by atoms with Crippen molar-refractivity contribution in [1.29, 1.82) is 0 Å². The number of nitrogens with two attached hydrogens (primary N) is 1. The number of H-pyrrole nitrogens is 1. The topological polar surface area (TPSA) is 51.0 Å². The maximum absolute atomic E-state index is 12.4. The molecule has 0 aliphatic rings. The standard InChI is InChI=1S/C10H9F3N2O/c11-10(12,13)9-4-7-3-6(5-16-14)1-2-8(7)15-9/h1-4,15H,5,14H2.